The van der Waals surface area contributed by atoms with Crippen LogP contribution in [0.2, 0.25) is 0 Å². The van der Waals surface area contributed by atoms with Crippen molar-refractivity contribution in [2.75, 3.05) is 18.8 Å². The molecule has 0 spiro atoms. The number of fused-ring (bicyclic) bond motifs is 1. The summed E-state index contributed by atoms with van der Waals surface area (Å²) in [7, 11) is 0. The first-order valence-corrected chi connectivity index (χ1v) is 18.5. The number of nitrogens with zero attached hydrogens (tertiary/aromatic N) is 1. The number of hydrogen-bond donors (Lipinski definition) is 4. The highest BCUT2D eigenvalue weighted by Gasteiger charge is 2.70. The fraction of sp³-hybridized carbons (Fsp3) is 0.750. The lowest BCUT2D eigenvalue weighted by atomic mass is 9.83. The Hall–Kier alpha value is -3.04. The third-order valence-electron chi connectivity index (χ3n) is 10.3. The summed E-state index contributed by atoms with van der Waals surface area (Å²) in [5, 5.41) is 11.3. The van der Waals surface area contributed by atoms with E-state index < -0.39 is 74.5 Å². The molecule has 0 radical (unpaired) electrons. The zero-order valence-electron chi connectivity index (χ0n) is 30.1. The average molecular weight is 688 g/mol. The zero-order chi connectivity index (χ0) is 36.2. The van der Waals surface area contributed by atoms with E-state index in [1.807, 2.05) is 55.4 Å². The van der Waals surface area contributed by atoms with E-state index in [-0.39, 0.29) is 36.6 Å². The molecule has 3 unspecified atom stereocenters. The Bertz CT molecular complexity index is 1290. The summed E-state index contributed by atoms with van der Waals surface area (Å²) in [6, 6.07) is -3.55. The highest BCUT2D eigenvalue weighted by molar-refractivity contribution is 7.92. The van der Waals surface area contributed by atoms with Crippen molar-refractivity contribution in [3.8, 4) is 12.3 Å². The van der Waals surface area contributed by atoms with Crippen LogP contribution in [0.15, 0.2) is 12.7 Å². The van der Waals surface area contributed by atoms with Crippen molar-refractivity contribution < 1.29 is 28.5 Å². The molecule has 0 aromatic carbocycles. The third kappa shape index (κ3) is 9.14. The van der Waals surface area contributed by atoms with Crippen LogP contribution in [0.4, 0.5) is 4.79 Å². The number of terminal acetylenes is 1. The lowest BCUT2D eigenvalue weighted by Gasteiger charge is -2.41. The van der Waals surface area contributed by atoms with E-state index in [9.17, 15) is 28.5 Å². The van der Waals surface area contributed by atoms with Gasteiger partial charge >= 0.3 is 6.03 Å². The molecule has 2 aliphatic carbocycles. The first-order valence-electron chi connectivity index (χ1n) is 17.1. The van der Waals surface area contributed by atoms with Gasteiger partial charge in [0.25, 0.3) is 5.91 Å². The Labute approximate surface area is 290 Å². The number of carbonyl (C=O) groups excluding carboxylic acids is 5. The van der Waals surface area contributed by atoms with Crippen LogP contribution in [0, 0.1) is 35.0 Å². The van der Waals surface area contributed by atoms with Gasteiger partial charge in [0.1, 0.15) is 22.6 Å². The maximum absolute atomic E-state index is 14.4. The van der Waals surface area contributed by atoms with Crippen LogP contribution >= 0.6 is 0 Å². The molecule has 3 rings (SSSR count). The molecule has 11 nitrogen and oxygen atoms in total. The normalized spacial score (nSPS) is 24.5. The summed E-state index contributed by atoms with van der Waals surface area (Å²) in [5.41, 5.74) is -1.58. The second-order valence-electron chi connectivity index (χ2n) is 16.4. The van der Waals surface area contributed by atoms with Crippen LogP contribution in [0.3, 0.4) is 0 Å². The van der Waals surface area contributed by atoms with Crippen molar-refractivity contribution in [2.24, 2.45) is 22.7 Å². The van der Waals surface area contributed by atoms with E-state index in [1.54, 1.807) is 0 Å². The zero-order valence-corrected chi connectivity index (χ0v) is 30.9. The fourth-order valence-electron chi connectivity index (χ4n) is 7.20. The molecule has 1 aliphatic heterocycles. The Balaban J connectivity index is 1.84. The third-order valence-corrected chi connectivity index (χ3v) is 12.5. The van der Waals surface area contributed by atoms with Gasteiger partial charge in [-0.2, -0.15) is 0 Å². The van der Waals surface area contributed by atoms with Crippen LogP contribution in [0.25, 0.3) is 0 Å². The number of rotatable bonds is 13. The van der Waals surface area contributed by atoms with Crippen LogP contribution in [0.1, 0.15) is 100 Å². The van der Waals surface area contributed by atoms with Gasteiger partial charge in [0.2, 0.25) is 17.6 Å². The molecular formula is C36H57N5O6S. The van der Waals surface area contributed by atoms with Crippen molar-refractivity contribution in [3.63, 3.8) is 0 Å². The van der Waals surface area contributed by atoms with Gasteiger partial charge in [0.15, 0.2) is 0 Å². The van der Waals surface area contributed by atoms with Crippen molar-refractivity contribution >= 4 is 40.7 Å². The molecule has 4 N–H and O–H groups in total. The molecule has 0 aromatic heterocycles. The number of amides is 5. The molecule has 1 heterocycles. The molecule has 5 amide bonds. The molecule has 48 heavy (non-hydrogen) atoms. The van der Waals surface area contributed by atoms with Crippen LogP contribution in [-0.4, -0.2) is 86.2 Å². The minimum atomic E-state index is -1.19. The summed E-state index contributed by atoms with van der Waals surface area (Å²) in [6.07, 6.45) is 11.4. The summed E-state index contributed by atoms with van der Waals surface area (Å²) in [6.45, 7) is 19.4. The molecule has 6 atom stereocenters. The lowest BCUT2D eigenvalue weighted by molar-refractivity contribution is -0.145. The average Bonchev–Trinajstić information content (AvgIpc) is 3.30. The molecule has 3 aliphatic rings. The predicted molar refractivity (Wildman–Crippen MR) is 188 cm³/mol. The Kier molecular flexibility index (Phi) is 12.5. The fourth-order valence-corrected chi connectivity index (χ4v) is 8.50. The maximum Gasteiger partial charge on any atom is 0.316 e. The molecule has 3 fully saturated rings. The predicted octanol–water partition coefficient (Wildman–Crippen LogP) is 3.20. The largest absolute Gasteiger partial charge is 0.616 e. The summed E-state index contributed by atoms with van der Waals surface area (Å²) in [5.74, 6) is 0.0756. The summed E-state index contributed by atoms with van der Waals surface area (Å²) < 4.78 is 12.8. The number of hydrogen-bond acceptors (Lipinski definition) is 6. The smallest absolute Gasteiger partial charge is 0.316 e. The molecule has 2 saturated carbocycles. The summed E-state index contributed by atoms with van der Waals surface area (Å²) >= 11 is -1.19. The number of Topliss-reactive ketones (excluding diaryl/α,β-unsaturated/α-hetero) is 1. The van der Waals surface area contributed by atoms with E-state index >= 15 is 0 Å². The number of carbonyl (C=O) groups is 5. The van der Waals surface area contributed by atoms with E-state index in [0.29, 0.717) is 25.1 Å². The lowest BCUT2D eigenvalue weighted by Crippen LogP contribution is -2.64. The van der Waals surface area contributed by atoms with Gasteiger partial charge in [0.05, 0.1) is 11.6 Å². The van der Waals surface area contributed by atoms with Crippen LogP contribution in [0.5, 0.6) is 0 Å². The van der Waals surface area contributed by atoms with Crippen molar-refractivity contribution in [1.82, 2.24) is 26.2 Å². The Morgan fingerprint density at radius 3 is 2.23 bits per heavy atom. The summed E-state index contributed by atoms with van der Waals surface area (Å²) in [4.78, 5) is 69.2. The topological polar surface area (TPSA) is 160 Å². The minimum Gasteiger partial charge on any atom is -0.616 e. The Morgan fingerprint density at radius 1 is 1.06 bits per heavy atom. The molecular weight excluding hydrogens is 630 g/mol. The molecule has 0 bridgehead atoms. The van der Waals surface area contributed by atoms with Gasteiger partial charge in [-0.1, -0.05) is 60.0 Å². The van der Waals surface area contributed by atoms with Crippen molar-refractivity contribution in [3.05, 3.63) is 12.7 Å². The van der Waals surface area contributed by atoms with Crippen LogP contribution in [-0.2, 0) is 30.4 Å². The number of ketones is 1. The number of piperidine rings is 1. The highest BCUT2D eigenvalue weighted by atomic mass is 32.2. The molecule has 12 heteroatoms. The second kappa shape index (κ2) is 15.2. The van der Waals surface area contributed by atoms with Gasteiger partial charge in [-0.25, -0.2) is 4.79 Å². The van der Waals surface area contributed by atoms with Gasteiger partial charge in [-0.15, -0.1) is 18.9 Å². The van der Waals surface area contributed by atoms with Gasteiger partial charge in [0, 0.05) is 19.5 Å². The first kappa shape index (κ1) is 39.4. The second-order valence-corrected chi connectivity index (χ2v) is 18.6. The standard InChI is InChI=1S/C36H57N5O6S/c1-11-13-17-24(27(42)30(44)37-20-12-2)38-29(43)26-25-23(35(25,9)10)21-41(26)31(45)28(33(3,4)5)39-32(46)40-36(18-15-14-16-19-36)22-48(47)34(6,7)8/h1,12,23-26,28H,2,13-22H2,3-10H3,(H,37,44)(H,38,43)(H2,39,40,46)/t23?,24?,25-,26-,28+,48?/m0/s1. The molecule has 1 saturated heterocycles. The van der Waals surface area contributed by atoms with Gasteiger partial charge in [-0.3, -0.25) is 19.2 Å². The number of nitrogens with one attached hydrogen (secondary N) is 4. The number of likely N-dealkylation sites (tertiary alicyclic amines) is 1. The maximum atomic E-state index is 14.4. The quantitative estimate of drug-likeness (QED) is 0.101. The monoisotopic (exact) mass is 687 g/mol. The van der Waals surface area contributed by atoms with Gasteiger partial charge in [-0.05, 0) is 73.9 Å². The van der Waals surface area contributed by atoms with Crippen molar-refractivity contribution in [1.29, 1.82) is 0 Å². The minimum absolute atomic E-state index is 0.0558. The van der Waals surface area contributed by atoms with E-state index in [1.165, 1.54) is 11.0 Å². The van der Waals surface area contributed by atoms with Gasteiger partial charge < -0.3 is 30.7 Å². The SMILES string of the molecule is C#CCCC(NC(=O)[C@@H]1[C@@H]2C(CN1C(=O)[C@@H](NC(=O)NC1(C[S+]([O-])C(C)(C)C)CCCCC1)C(C)(C)C)C2(C)C)C(=O)C(=O)NCC=C. The van der Waals surface area contributed by atoms with Crippen LogP contribution < -0.4 is 21.3 Å². The number of urea groups is 1. The van der Waals surface area contributed by atoms with E-state index in [0.717, 1.165) is 19.3 Å². The van der Waals surface area contributed by atoms with Crippen molar-refractivity contribution in [2.45, 2.75) is 129 Å². The van der Waals surface area contributed by atoms with E-state index in [2.05, 4.69) is 33.8 Å². The molecule has 0 aromatic rings. The van der Waals surface area contributed by atoms with E-state index in [4.69, 9.17) is 6.42 Å². The molecule has 268 valence electrons. The Morgan fingerprint density at radius 2 is 1.69 bits per heavy atom. The first-order chi connectivity index (χ1) is 22.2. The highest BCUT2D eigenvalue weighted by Crippen LogP contribution is 2.65.